The highest BCUT2D eigenvalue weighted by Gasteiger charge is 2.24. The van der Waals surface area contributed by atoms with Crippen LogP contribution in [0.1, 0.15) is 6.42 Å². The number of halogens is 1. The summed E-state index contributed by atoms with van der Waals surface area (Å²) in [5.41, 5.74) is 0. The van der Waals surface area contributed by atoms with Crippen LogP contribution in [0.3, 0.4) is 0 Å². The second-order valence-corrected chi connectivity index (χ2v) is 12.1. The van der Waals surface area contributed by atoms with Gasteiger partial charge in [0.15, 0.2) is 6.69 Å². The van der Waals surface area contributed by atoms with Gasteiger partial charge in [-0.1, -0.05) is 43.0 Å². The smallest absolute Gasteiger partial charge is 0.120 e. The van der Waals surface area contributed by atoms with Crippen LogP contribution in [-0.4, -0.2) is 6.69 Å². The molecule has 1 atom stereocenters. The lowest BCUT2D eigenvalue weighted by atomic mass is 10.4. The summed E-state index contributed by atoms with van der Waals surface area (Å²) < 4.78 is 0. The summed E-state index contributed by atoms with van der Waals surface area (Å²) in [4.78, 5) is 0. The third-order valence-electron chi connectivity index (χ3n) is 2.19. The molecule has 0 nitrogen and oxygen atoms in total. The van der Waals surface area contributed by atoms with Crippen LogP contribution >= 0.6 is 15.3 Å². The van der Waals surface area contributed by atoms with Crippen LogP contribution in [0.25, 0.3) is 0 Å². The summed E-state index contributed by atoms with van der Waals surface area (Å²) in [5, 5.41) is 1.47. The molecule has 0 saturated carbocycles. The normalized spacial score (nSPS) is 14.9. The topological polar surface area (TPSA) is 0 Å². The quantitative estimate of drug-likeness (QED) is 0.439. The van der Waals surface area contributed by atoms with E-state index >= 15 is 0 Å². The maximum Gasteiger partial charge on any atom is 0.157 e. The van der Waals surface area contributed by atoms with Crippen LogP contribution in [0.4, 0.5) is 0 Å². The second-order valence-electron chi connectivity index (χ2n) is 3.39. The molecular weight excluding hydrogens is 240 g/mol. The van der Waals surface area contributed by atoms with E-state index in [1.807, 2.05) is 6.08 Å². The van der Waals surface area contributed by atoms with Gasteiger partial charge in [-0.2, -0.15) is 0 Å². The molecule has 0 aromatic heterocycles. The molecule has 1 aromatic rings. The largest absolute Gasteiger partial charge is 0.157 e. The first kappa shape index (κ1) is 10.7. The summed E-state index contributed by atoms with van der Waals surface area (Å²) >= 11 is 3.88. The minimum Gasteiger partial charge on any atom is -0.120 e. The minimum atomic E-state index is -1.36. The van der Waals surface area contributed by atoms with Crippen molar-refractivity contribution in [1.29, 1.82) is 0 Å². The Balaban J connectivity index is 2.74. The summed E-state index contributed by atoms with van der Waals surface area (Å²) in [7, 11) is 0. The maximum atomic E-state index is 3.88. The molecule has 0 radical (unpaired) electrons. The van der Waals surface area contributed by atoms with Crippen LogP contribution < -0.4 is 5.19 Å². The Hall–Kier alpha value is -0.343. The molecule has 0 aliphatic rings. The number of hydrogen-bond donors (Lipinski definition) is 0. The molecule has 0 aliphatic heterocycles. The lowest BCUT2D eigenvalue weighted by molar-refractivity contribution is 1.19. The van der Waals surface area contributed by atoms with E-state index in [-0.39, 0.29) is 0 Å². The Morgan fingerprint density at radius 1 is 1.38 bits per heavy atom. The highest BCUT2D eigenvalue weighted by molar-refractivity contribution is 9.26. The zero-order chi connectivity index (χ0) is 9.73. The van der Waals surface area contributed by atoms with Crippen molar-refractivity contribution in [3.05, 3.63) is 43.0 Å². The van der Waals surface area contributed by atoms with Crippen molar-refractivity contribution < 1.29 is 0 Å². The highest BCUT2D eigenvalue weighted by Crippen LogP contribution is 2.19. The van der Waals surface area contributed by atoms with E-state index in [2.05, 4.69) is 58.8 Å². The van der Waals surface area contributed by atoms with Gasteiger partial charge in [0.25, 0.3) is 0 Å². The lowest BCUT2D eigenvalue weighted by Crippen LogP contribution is -2.37. The van der Waals surface area contributed by atoms with Crippen LogP contribution in [0.2, 0.25) is 12.6 Å². The van der Waals surface area contributed by atoms with Crippen molar-refractivity contribution in [3.63, 3.8) is 0 Å². The average Bonchev–Trinajstić information content (AvgIpc) is 2.16. The van der Waals surface area contributed by atoms with Gasteiger partial charge in [-0.3, -0.25) is 0 Å². The Labute approximate surface area is 89.3 Å². The van der Waals surface area contributed by atoms with E-state index in [1.54, 1.807) is 0 Å². The van der Waals surface area contributed by atoms with Crippen molar-refractivity contribution in [1.82, 2.24) is 0 Å². The van der Waals surface area contributed by atoms with Gasteiger partial charge in [0.05, 0.1) is 0 Å². The van der Waals surface area contributed by atoms with Crippen LogP contribution in [-0.2, 0) is 0 Å². The fourth-order valence-corrected chi connectivity index (χ4v) is 4.71. The second kappa shape index (κ2) is 4.77. The molecule has 0 N–H and O–H groups in total. The molecule has 0 aliphatic carbocycles. The highest BCUT2D eigenvalue weighted by atomic mass is 79.9. The van der Waals surface area contributed by atoms with Crippen LogP contribution in [0.15, 0.2) is 43.0 Å². The Morgan fingerprint density at radius 2 is 2.00 bits per heavy atom. The number of rotatable bonds is 4. The lowest BCUT2D eigenvalue weighted by Gasteiger charge is -2.19. The Kier molecular flexibility index (Phi) is 3.94. The van der Waals surface area contributed by atoms with Crippen molar-refractivity contribution in [2.45, 2.75) is 19.0 Å². The van der Waals surface area contributed by atoms with Gasteiger partial charge >= 0.3 is 0 Å². The predicted octanol–water partition coefficient (Wildman–Crippen LogP) is 3.44. The van der Waals surface area contributed by atoms with E-state index in [1.165, 1.54) is 11.2 Å². The van der Waals surface area contributed by atoms with Gasteiger partial charge in [0.1, 0.15) is 0 Å². The van der Waals surface area contributed by atoms with Gasteiger partial charge in [0, 0.05) is 0 Å². The maximum absolute atomic E-state index is 3.88. The first-order valence-corrected chi connectivity index (χ1v) is 9.48. The predicted molar refractivity (Wildman–Crippen MR) is 66.2 cm³/mol. The van der Waals surface area contributed by atoms with Crippen LogP contribution in [0.5, 0.6) is 0 Å². The monoisotopic (exact) mass is 254 g/mol. The van der Waals surface area contributed by atoms with Crippen molar-refractivity contribution in [3.8, 4) is 0 Å². The van der Waals surface area contributed by atoms with Gasteiger partial charge in [-0.05, 0) is 17.7 Å². The molecule has 0 amide bonds. The number of benzene rings is 1. The summed E-state index contributed by atoms with van der Waals surface area (Å²) in [5.74, 6) is 0. The molecular formula is C11H15BrSi. The molecule has 70 valence electrons. The fraction of sp³-hybridized carbons (Fsp3) is 0.273. The molecule has 1 unspecified atom stereocenters. The number of hydrogen-bond acceptors (Lipinski definition) is 0. The first-order chi connectivity index (χ1) is 6.17. The van der Waals surface area contributed by atoms with E-state index in [0.29, 0.717) is 0 Å². The molecule has 0 bridgehead atoms. The van der Waals surface area contributed by atoms with Gasteiger partial charge in [-0.15, -0.1) is 21.9 Å². The Morgan fingerprint density at radius 3 is 2.54 bits per heavy atom. The van der Waals surface area contributed by atoms with Crippen molar-refractivity contribution >= 4 is 27.2 Å². The third kappa shape index (κ3) is 3.12. The van der Waals surface area contributed by atoms with Gasteiger partial charge in [0.2, 0.25) is 0 Å². The van der Waals surface area contributed by atoms with Crippen molar-refractivity contribution in [2.24, 2.45) is 0 Å². The third-order valence-corrected chi connectivity index (χ3v) is 7.52. The molecule has 0 fully saturated rings. The molecule has 1 rings (SSSR count). The van der Waals surface area contributed by atoms with Crippen LogP contribution in [0, 0.1) is 0 Å². The van der Waals surface area contributed by atoms with E-state index < -0.39 is 6.69 Å². The van der Waals surface area contributed by atoms with Crippen molar-refractivity contribution in [2.75, 3.05) is 0 Å². The van der Waals surface area contributed by atoms with Gasteiger partial charge < -0.3 is 0 Å². The molecule has 0 spiro atoms. The number of allylic oxidation sites excluding steroid dienone is 1. The average molecular weight is 255 g/mol. The Bertz CT molecular complexity index is 267. The van der Waals surface area contributed by atoms with E-state index in [0.717, 1.165) is 6.42 Å². The van der Waals surface area contributed by atoms with Gasteiger partial charge in [-0.25, -0.2) is 0 Å². The zero-order valence-corrected chi connectivity index (χ0v) is 10.5. The molecule has 1 aromatic carbocycles. The summed E-state index contributed by atoms with van der Waals surface area (Å²) in [6.07, 6.45) is 3.10. The van der Waals surface area contributed by atoms with E-state index in [4.69, 9.17) is 0 Å². The van der Waals surface area contributed by atoms with E-state index in [9.17, 15) is 0 Å². The summed E-state index contributed by atoms with van der Waals surface area (Å²) in [6, 6.07) is 11.9. The molecule has 0 heterocycles. The first-order valence-electron chi connectivity index (χ1n) is 4.52. The molecule has 2 heteroatoms. The SMILES string of the molecule is C=CCC[Si](C)(Br)c1ccccc1. The minimum absolute atomic E-state index is 1.10. The molecule has 13 heavy (non-hydrogen) atoms. The fourth-order valence-electron chi connectivity index (χ4n) is 1.30. The summed E-state index contributed by atoms with van der Waals surface area (Å²) in [6.45, 7) is 4.74. The zero-order valence-electron chi connectivity index (χ0n) is 7.96. The standard InChI is InChI=1S/C11H15BrSi/c1-3-4-10-13(2,12)11-8-6-5-7-9-11/h3,5-9H,1,4,10H2,2H3. The molecule has 0 saturated heterocycles.